The highest BCUT2D eigenvalue weighted by atomic mass is 79.9. The number of halogens is 1. The summed E-state index contributed by atoms with van der Waals surface area (Å²) in [4.78, 5) is 2.53. The predicted octanol–water partition coefficient (Wildman–Crippen LogP) is 2.18. The monoisotopic (exact) mass is 310 g/mol. The number of nitrogens with zero attached hydrogens (tertiary/aromatic N) is 1. The van der Waals surface area contributed by atoms with Crippen molar-refractivity contribution in [2.24, 2.45) is 0 Å². The zero-order chi connectivity index (χ0) is 12.5. The molecule has 4 heteroatoms. The van der Waals surface area contributed by atoms with Crippen LogP contribution in [0.2, 0.25) is 0 Å². The summed E-state index contributed by atoms with van der Waals surface area (Å²) < 4.78 is 6.97. The Balaban J connectivity index is 1.84. The molecule has 18 heavy (non-hydrogen) atoms. The maximum atomic E-state index is 5.80. The van der Waals surface area contributed by atoms with Crippen LogP contribution >= 0.6 is 15.9 Å². The van der Waals surface area contributed by atoms with Crippen LogP contribution < -0.4 is 10.1 Å². The number of piperazine rings is 1. The molecule has 1 fully saturated rings. The molecule has 1 N–H and O–H groups in total. The average molecular weight is 311 g/mol. The van der Waals surface area contributed by atoms with Crippen LogP contribution in [-0.4, -0.2) is 37.2 Å². The van der Waals surface area contributed by atoms with Gasteiger partial charge >= 0.3 is 0 Å². The maximum Gasteiger partial charge on any atom is 0.127 e. The van der Waals surface area contributed by atoms with Gasteiger partial charge in [0.05, 0.1) is 6.61 Å². The van der Waals surface area contributed by atoms with Crippen molar-refractivity contribution in [2.75, 3.05) is 26.2 Å². The van der Waals surface area contributed by atoms with Crippen LogP contribution in [0, 0.1) is 0 Å². The first kappa shape index (κ1) is 12.5. The van der Waals surface area contributed by atoms with Crippen LogP contribution in [0.4, 0.5) is 0 Å². The summed E-state index contributed by atoms with van der Waals surface area (Å²) in [5.74, 6) is 1.13. The van der Waals surface area contributed by atoms with Gasteiger partial charge in [0, 0.05) is 48.7 Å². The van der Waals surface area contributed by atoms with E-state index in [2.05, 4.69) is 45.2 Å². The summed E-state index contributed by atoms with van der Waals surface area (Å²) in [6.45, 7) is 7.38. The fourth-order valence-electron chi connectivity index (χ4n) is 2.80. The lowest BCUT2D eigenvalue weighted by Gasteiger charge is -2.34. The van der Waals surface area contributed by atoms with Gasteiger partial charge in [-0.25, -0.2) is 0 Å². The van der Waals surface area contributed by atoms with Gasteiger partial charge in [-0.05, 0) is 24.6 Å². The van der Waals surface area contributed by atoms with Crippen molar-refractivity contribution in [1.82, 2.24) is 10.2 Å². The smallest absolute Gasteiger partial charge is 0.127 e. The van der Waals surface area contributed by atoms with Gasteiger partial charge in [-0.3, -0.25) is 4.90 Å². The quantitative estimate of drug-likeness (QED) is 0.906. The van der Waals surface area contributed by atoms with E-state index < -0.39 is 0 Å². The molecule has 3 nitrogen and oxygen atoms in total. The fraction of sp³-hybridized carbons (Fsp3) is 0.571. The Morgan fingerprint density at radius 3 is 3.22 bits per heavy atom. The molecule has 1 saturated heterocycles. The Morgan fingerprint density at radius 1 is 1.50 bits per heavy atom. The van der Waals surface area contributed by atoms with Crippen molar-refractivity contribution < 1.29 is 4.74 Å². The van der Waals surface area contributed by atoms with Gasteiger partial charge in [0.15, 0.2) is 0 Å². The molecule has 2 aliphatic rings. The summed E-state index contributed by atoms with van der Waals surface area (Å²) in [5.41, 5.74) is 2.67. The fourth-order valence-corrected chi connectivity index (χ4v) is 3.35. The minimum Gasteiger partial charge on any atom is -0.493 e. The summed E-state index contributed by atoms with van der Waals surface area (Å²) in [7, 11) is 0. The van der Waals surface area contributed by atoms with E-state index in [9.17, 15) is 0 Å². The van der Waals surface area contributed by atoms with Crippen molar-refractivity contribution in [3.8, 4) is 5.75 Å². The van der Waals surface area contributed by atoms with E-state index in [4.69, 9.17) is 4.74 Å². The van der Waals surface area contributed by atoms with E-state index in [1.54, 1.807) is 0 Å². The number of fused-ring (bicyclic) bond motifs is 1. The van der Waals surface area contributed by atoms with Crippen LogP contribution in [0.1, 0.15) is 18.1 Å². The first-order chi connectivity index (χ1) is 8.74. The Morgan fingerprint density at radius 2 is 2.39 bits per heavy atom. The Hall–Kier alpha value is -0.580. The number of hydrogen-bond acceptors (Lipinski definition) is 3. The highest BCUT2D eigenvalue weighted by Gasteiger charge is 2.22. The summed E-state index contributed by atoms with van der Waals surface area (Å²) in [6, 6.07) is 4.99. The SMILES string of the molecule is C[C@H]1CNCCN1Cc1cc(Br)cc2c1OCC2. The lowest BCUT2D eigenvalue weighted by molar-refractivity contribution is 0.164. The molecule has 0 unspecified atom stereocenters. The molecule has 0 aromatic heterocycles. The lowest BCUT2D eigenvalue weighted by atomic mass is 10.1. The van der Waals surface area contributed by atoms with Gasteiger partial charge in [-0.2, -0.15) is 0 Å². The molecule has 0 spiro atoms. The van der Waals surface area contributed by atoms with Crippen molar-refractivity contribution in [2.45, 2.75) is 25.9 Å². The molecule has 0 saturated carbocycles. The molecule has 1 aromatic rings. The Labute approximate surface area is 117 Å². The number of rotatable bonds is 2. The van der Waals surface area contributed by atoms with E-state index in [-0.39, 0.29) is 0 Å². The number of nitrogens with one attached hydrogen (secondary N) is 1. The van der Waals surface area contributed by atoms with Gasteiger partial charge in [-0.15, -0.1) is 0 Å². The molecular formula is C14H19BrN2O. The number of benzene rings is 1. The maximum absolute atomic E-state index is 5.80. The molecule has 0 radical (unpaired) electrons. The first-order valence-corrected chi connectivity index (χ1v) is 7.42. The molecule has 3 rings (SSSR count). The normalized spacial score (nSPS) is 23.8. The standard InChI is InChI=1S/C14H19BrN2O/c1-10-8-16-3-4-17(10)9-12-7-13(15)6-11-2-5-18-14(11)12/h6-7,10,16H,2-5,8-9H2,1H3/t10-/m0/s1. The van der Waals surface area contributed by atoms with Crippen LogP contribution in [0.3, 0.4) is 0 Å². The van der Waals surface area contributed by atoms with Crippen molar-refractivity contribution in [1.29, 1.82) is 0 Å². The zero-order valence-electron chi connectivity index (χ0n) is 10.7. The van der Waals surface area contributed by atoms with Crippen molar-refractivity contribution in [3.63, 3.8) is 0 Å². The molecule has 98 valence electrons. The van der Waals surface area contributed by atoms with E-state index >= 15 is 0 Å². The van der Waals surface area contributed by atoms with E-state index in [1.807, 2.05) is 0 Å². The van der Waals surface area contributed by atoms with Gasteiger partial charge < -0.3 is 10.1 Å². The van der Waals surface area contributed by atoms with Crippen LogP contribution in [0.5, 0.6) is 5.75 Å². The Bertz CT molecular complexity index is 450. The molecule has 2 heterocycles. The largest absolute Gasteiger partial charge is 0.493 e. The van der Waals surface area contributed by atoms with E-state index in [0.29, 0.717) is 6.04 Å². The first-order valence-electron chi connectivity index (χ1n) is 6.63. The molecule has 0 amide bonds. The molecule has 0 bridgehead atoms. The molecular weight excluding hydrogens is 292 g/mol. The van der Waals surface area contributed by atoms with Crippen LogP contribution in [0.15, 0.2) is 16.6 Å². The average Bonchev–Trinajstić information content (AvgIpc) is 2.80. The molecule has 1 atom stereocenters. The minimum absolute atomic E-state index is 0.592. The van der Waals surface area contributed by atoms with E-state index in [0.717, 1.165) is 45.0 Å². The van der Waals surface area contributed by atoms with Crippen LogP contribution in [0.25, 0.3) is 0 Å². The third kappa shape index (κ3) is 2.42. The van der Waals surface area contributed by atoms with Gasteiger partial charge in [0.1, 0.15) is 5.75 Å². The Kier molecular flexibility index (Phi) is 3.59. The van der Waals surface area contributed by atoms with Crippen molar-refractivity contribution in [3.05, 3.63) is 27.7 Å². The number of ether oxygens (including phenoxy) is 1. The molecule has 1 aromatic carbocycles. The van der Waals surface area contributed by atoms with E-state index in [1.165, 1.54) is 15.6 Å². The van der Waals surface area contributed by atoms with Gasteiger partial charge in [0.2, 0.25) is 0 Å². The van der Waals surface area contributed by atoms with Gasteiger partial charge in [-0.1, -0.05) is 15.9 Å². The summed E-state index contributed by atoms with van der Waals surface area (Å²) >= 11 is 3.61. The second kappa shape index (κ2) is 5.19. The highest BCUT2D eigenvalue weighted by molar-refractivity contribution is 9.10. The second-order valence-corrected chi connectivity index (χ2v) is 6.09. The number of hydrogen-bond donors (Lipinski definition) is 1. The molecule has 2 aliphatic heterocycles. The molecule has 0 aliphatic carbocycles. The lowest BCUT2D eigenvalue weighted by Crippen LogP contribution is -2.49. The minimum atomic E-state index is 0.592. The van der Waals surface area contributed by atoms with Crippen LogP contribution in [-0.2, 0) is 13.0 Å². The third-order valence-corrected chi connectivity index (χ3v) is 4.30. The predicted molar refractivity (Wildman–Crippen MR) is 76.1 cm³/mol. The topological polar surface area (TPSA) is 24.5 Å². The summed E-state index contributed by atoms with van der Waals surface area (Å²) in [6.07, 6.45) is 1.04. The summed E-state index contributed by atoms with van der Waals surface area (Å²) in [5, 5.41) is 3.43. The highest BCUT2D eigenvalue weighted by Crippen LogP contribution is 2.34. The third-order valence-electron chi connectivity index (χ3n) is 3.84. The van der Waals surface area contributed by atoms with Crippen molar-refractivity contribution >= 4 is 15.9 Å². The zero-order valence-corrected chi connectivity index (χ0v) is 12.3. The van der Waals surface area contributed by atoms with Gasteiger partial charge in [0.25, 0.3) is 0 Å². The second-order valence-electron chi connectivity index (χ2n) is 5.18.